The Labute approximate surface area is 183 Å². The summed E-state index contributed by atoms with van der Waals surface area (Å²) in [5.74, 6) is -0.332. The molecule has 31 heavy (non-hydrogen) atoms. The molecule has 0 saturated carbocycles. The predicted octanol–water partition coefficient (Wildman–Crippen LogP) is 7.33. The van der Waals surface area contributed by atoms with E-state index in [1.54, 1.807) is 0 Å². The van der Waals surface area contributed by atoms with Crippen molar-refractivity contribution in [2.75, 3.05) is 12.4 Å². The van der Waals surface area contributed by atoms with Crippen LogP contribution in [-0.4, -0.2) is 13.1 Å². The quantitative estimate of drug-likeness (QED) is 0.358. The van der Waals surface area contributed by atoms with Crippen molar-refractivity contribution in [1.29, 1.82) is 0 Å². The highest BCUT2D eigenvalue weighted by atomic mass is 16.5. The molecule has 3 nitrogen and oxygen atoms in total. The molecule has 0 fully saturated rings. The fourth-order valence-corrected chi connectivity index (χ4v) is 3.80. The summed E-state index contributed by atoms with van der Waals surface area (Å²) < 4.78 is 5.03. The average Bonchev–Trinajstić information content (AvgIpc) is 2.78. The van der Waals surface area contributed by atoms with Crippen LogP contribution in [0.25, 0.3) is 21.9 Å². The molecule has 3 heteroatoms. The van der Waals surface area contributed by atoms with Gasteiger partial charge in [0.05, 0.1) is 12.7 Å². The van der Waals surface area contributed by atoms with E-state index < -0.39 is 0 Å². The molecule has 1 N–H and O–H groups in total. The van der Waals surface area contributed by atoms with Crippen LogP contribution >= 0.6 is 0 Å². The van der Waals surface area contributed by atoms with Crippen molar-refractivity contribution in [3.63, 3.8) is 0 Å². The number of fused-ring (bicyclic) bond motifs is 1. The smallest absolute Gasteiger partial charge is 0.338 e. The molecule has 0 radical (unpaired) electrons. The van der Waals surface area contributed by atoms with E-state index in [2.05, 4.69) is 56.4 Å². The first kappa shape index (κ1) is 20.7. The Kier molecular flexibility index (Phi) is 5.51. The zero-order valence-corrected chi connectivity index (χ0v) is 18.4. The SMILES string of the molecule is COC(=O)c1ccc2ccccc2c1-c1ccc(Nc2ccc(C(C)(C)C)cc2)cc1. The molecule has 156 valence electrons. The Morgan fingerprint density at radius 1 is 0.774 bits per heavy atom. The number of carbonyl (C=O) groups excluding carboxylic acids is 1. The van der Waals surface area contributed by atoms with E-state index in [9.17, 15) is 4.79 Å². The van der Waals surface area contributed by atoms with Crippen molar-refractivity contribution in [1.82, 2.24) is 0 Å². The van der Waals surface area contributed by atoms with Gasteiger partial charge in [-0.15, -0.1) is 0 Å². The Morgan fingerprint density at radius 2 is 1.39 bits per heavy atom. The number of carbonyl (C=O) groups is 1. The molecule has 4 aromatic carbocycles. The molecule has 0 heterocycles. The van der Waals surface area contributed by atoms with E-state index in [0.717, 1.165) is 33.3 Å². The number of nitrogens with one attached hydrogen (secondary N) is 1. The molecule has 4 rings (SSSR count). The van der Waals surface area contributed by atoms with Crippen LogP contribution in [0.1, 0.15) is 36.7 Å². The van der Waals surface area contributed by atoms with Crippen molar-refractivity contribution in [2.45, 2.75) is 26.2 Å². The first-order chi connectivity index (χ1) is 14.9. The summed E-state index contributed by atoms with van der Waals surface area (Å²) in [4.78, 5) is 12.4. The van der Waals surface area contributed by atoms with Crippen molar-refractivity contribution >= 4 is 28.1 Å². The summed E-state index contributed by atoms with van der Waals surface area (Å²) in [6.45, 7) is 6.64. The van der Waals surface area contributed by atoms with E-state index in [0.29, 0.717) is 5.56 Å². The monoisotopic (exact) mass is 409 g/mol. The topological polar surface area (TPSA) is 38.3 Å². The Hall–Kier alpha value is -3.59. The summed E-state index contributed by atoms with van der Waals surface area (Å²) in [6, 6.07) is 28.6. The van der Waals surface area contributed by atoms with Crippen LogP contribution < -0.4 is 5.32 Å². The molecule has 0 bridgehead atoms. The van der Waals surface area contributed by atoms with Gasteiger partial charge >= 0.3 is 5.97 Å². The average molecular weight is 410 g/mol. The van der Waals surface area contributed by atoms with Crippen molar-refractivity contribution in [2.24, 2.45) is 0 Å². The summed E-state index contributed by atoms with van der Waals surface area (Å²) in [6.07, 6.45) is 0. The normalized spacial score (nSPS) is 11.4. The minimum Gasteiger partial charge on any atom is -0.465 e. The van der Waals surface area contributed by atoms with Gasteiger partial charge in [0.2, 0.25) is 0 Å². The molecule has 0 amide bonds. The highest BCUT2D eigenvalue weighted by molar-refractivity contribution is 6.08. The first-order valence-electron chi connectivity index (χ1n) is 10.4. The maximum Gasteiger partial charge on any atom is 0.338 e. The van der Waals surface area contributed by atoms with Crippen molar-refractivity contribution in [3.8, 4) is 11.1 Å². The van der Waals surface area contributed by atoms with Crippen LogP contribution in [0.3, 0.4) is 0 Å². The summed E-state index contributed by atoms with van der Waals surface area (Å²) in [7, 11) is 1.42. The van der Waals surface area contributed by atoms with Crippen LogP contribution in [0.2, 0.25) is 0 Å². The second-order valence-electron chi connectivity index (χ2n) is 8.73. The molecule has 4 aromatic rings. The highest BCUT2D eigenvalue weighted by Crippen LogP contribution is 2.34. The van der Waals surface area contributed by atoms with Crippen molar-refractivity contribution < 1.29 is 9.53 Å². The van der Waals surface area contributed by atoms with Crippen LogP contribution in [-0.2, 0) is 10.2 Å². The summed E-state index contributed by atoms with van der Waals surface area (Å²) in [5, 5.41) is 5.58. The zero-order valence-electron chi connectivity index (χ0n) is 18.4. The lowest BCUT2D eigenvalue weighted by atomic mass is 9.87. The van der Waals surface area contributed by atoms with Gasteiger partial charge in [0.25, 0.3) is 0 Å². The van der Waals surface area contributed by atoms with Crippen LogP contribution in [0.4, 0.5) is 11.4 Å². The first-order valence-corrected chi connectivity index (χ1v) is 10.4. The van der Waals surface area contributed by atoms with Gasteiger partial charge in [0.1, 0.15) is 0 Å². The Balaban J connectivity index is 1.67. The lowest BCUT2D eigenvalue weighted by Gasteiger charge is -2.19. The minimum atomic E-state index is -0.332. The lowest BCUT2D eigenvalue weighted by Crippen LogP contribution is -2.10. The largest absolute Gasteiger partial charge is 0.465 e. The molecule has 0 unspecified atom stereocenters. The molecule has 0 aliphatic rings. The van der Waals surface area contributed by atoms with Gasteiger partial charge in [-0.05, 0) is 57.6 Å². The highest BCUT2D eigenvalue weighted by Gasteiger charge is 2.16. The molecule has 0 atom stereocenters. The third kappa shape index (κ3) is 4.31. The van der Waals surface area contributed by atoms with Crippen LogP contribution in [0.5, 0.6) is 0 Å². The number of hydrogen-bond acceptors (Lipinski definition) is 3. The summed E-state index contributed by atoms with van der Waals surface area (Å²) in [5.41, 5.74) is 5.92. The third-order valence-corrected chi connectivity index (χ3v) is 5.55. The predicted molar refractivity (Wildman–Crippen MR) is 129 cm³/mol. The number of esters is 1. The maximum atomic E-state index is 12.4. The van der Waals surface area contributed by atoms with Crippen LogP contribution in [0.15, 0.2) is 84.9 Å². The van der Waals surface area contributed by atoms with Crippen molar-refractivity contribution in [3.05, 3.63) is 96.1 Å². The molecule has 0 aliphatic carbocycles. The molecule has 0 aromatic heterocycles. The number of benzene rings is 4. The van der Waals surface area contributed by atoms with E-state index in [-0.39, 0.29) is 11.4 Å². The number of anilines is 2. The van der Waals surface area contributed by atoms with Gasteiger partial charge in [-0.2, -0.15) is 0 Å². The van der Waals surface area contributed by atoms with E-state index in [1.165, 1.54) is 12.7 Å². The maximum absolute atomic E-state index is 12.4. The van der Waals surface area contributed by atoms with Gasteiger partial charge in [-0.1, -0.05) is 75.4 Å². The molecule has 0 aliphatic heterocycles. The van der Waals surface area contributed by atoms with Gasteiger partial charge in [0.15, 0.2) is 0 Å². The fourth-order valence-electron chi connectivity index (χ4n) is 3.80. The molecule has 0 spiro atoms. The minimum absolute atomic E-state index is 0.135. The molecular weight excluding hydrogens is 382 g/mol. The molecular formula is C28H27NO2. The Bertz CT molecular complexity index is 1220. The zero-order chi connectivity index (χ0) is 22.0. The molecule has 0 saturated heterocycles. The second kappa shape index (κ2) is 8.27. The number of methoxy groups -OCH3 is 1. The summed E-state index contributed by atoms with van der Waals surface area (Å²) >= 11 is 0. The van der Waals surface area contributed by atoms with Gasteiger partial charge in [-0.25, -0.2) is 4.79 Å². The van der Waals surface area contributed by atoms with Crippen LogP contribution in [0, 0.1) is 0 Å². The number of ether oxygens (including phenoxy) is 1. The number of hydrogen-bond donors (Lipinski definition) is 1. The number of rotatable bonds is 4. The fraction of sp³-hybridized carbons (Fsp3) is 0.179. The van der Waals surface area contributed by atoms with Gasteiger partial charge < -0.3 is 10.1 Å². The van der Waals surface area contributed by atoms with E-state index in [4.69, 9.17) is 4.74 Å². The van der Waals surface area contributed by atoms with E-state index in [1.807, 2.05) is 54.6 Å². The standard InChI is InChI=1S/C28H27NO2/c1-28(2,3)21-12-16-23(17-13-21)29-22-14-9-20(10-15-22)26-24-8-6-5-7-19(24)11-18-25(26)27(30)31-4/h5-18,29H,1-4H3. The Morgan fingerprint density at radius 3 is 2.00 bits per heavy atom. The van der Waals surface area contributed by atoms with Gasteiger partial charge in [0, 0.05) is 16.9 Å². The van der Waals surface area contributed by atoms with Gasteiger partial charge in [-0.3, -0.25) is 0 Å². The lowest BCUT2D eigenvalue weighted by molar-refractivity contribution is 0.0602. The second-order valence-corrected chi connectivity index (χ2v) is 8.73. The van der Waals surface area contributed by atoms with E-state index >= 15 is 0 Å². The third-order valence-electron chi connectivity index (χ3n) is 5.55.